The van der Waals surface area contributed by atoms with E-state index in [1.54, 1.807) is 6.92 Å². The van der Waals surface area contributed by atoms with Crippen LogP contribution >= 0.6 is 0 Å². The molecule has 2 saturated heterocycles. The van der Waals surface area contributed by atoms with Crippen molar-refractivity contribution in [1.82, 2.24) is 15.3 Å². The van der Waals surface area contributed by atoms with Crippen molar-refractivity contribution in [2.24, 2.45) is 0 Å². The summed E-state index contributed by atoms with van der Waals surface area (Å²) in [7, 11) is 0. The van der Waals surface area contributed by atoms with E-state index in [-0.39, 0.29) is 5.78 Å². The van der Waals surface area contributed by atoms with Crippen LogP contribution in [0.25, 0.3) is 0 Å². The van der Waals surface area contributed by atoms with E-state index >= 15 is 0 Å². The van der Waals surface area contributed by atoms with Gasteiger partial charge in [0.15, 0.2) is 5.78 Å². The Kier molecular flexibility index (Phi) is 6.67. The first kappa shape index (κ1) is 16.5. The molecule has 2 aliphatic rings. The molecule has 2 fully saturated rings. The minimum absolute atomic E-state index is 0.00801. The SMILES string of the molecule is CC(NO)C(=O)/C(=C/N1CCCCC1)CN1CCCCC1. The fraction of sp³-hybridized carbons (Fsp3) is 0.812. The highest BCUT2D eigenvalue weighted by Crippen LogP contribution is 2.15. The van der Waals surface area contributed by atoms with E-state index in [1.165, 1.54) is 38.5 Å². The van der Waals surface area contributed by atoms with Crippen LogP contribution in [-0.4, -0.2) is 59.6 Å². The average Bonchev–Trinajstić information content (AvgIpc) is 2.54. The molecule has 5 nitrogen and oxygen atoms in total. The molecule has 0 saturated carbocycles. The second-order valence-electron chi connectivity index (χ2n) is 6.30. The number of hydrogen-bond acceptors (Lipinski definition) is 5. The largest absolute Gasteiger partial charge is 0.377 e. The molecule has 0 aliphatic carbocycles. The van der Waals surface area contributed by atoms with E-state index in [9.17, 15) is 4.79 Å². The average molecular weight is 295 g/mol. The van der Waals surface area contributed by atoms with Crippen LogP contribution in [0.2, 0.25) is 0 Å². The molecule has 0 aromatic rings. The van der Waals surface area contributed by atoms with E-state index in [0.29, 0.717) is 6.54 Å². The highest BCUT2D eigenvalue weighted by Gasteiger charge is 2.22. The smallest absolute Gasteiger partial charge is 0.180 e. The predicted octanol–water partition coefficient (Wildman–Crippen LogP) is 1.78. The van der Waals surface area contributed by atoms with Crippen LogP contribution < -0.4 is 5.48 Å². The molecule has 0 radical (unpaired) electrons. The summed E-state index contributed by atoms with van der Waals surface area (Å²) in [5, 5.41) is 9.04. The summed E-state index contributed by atoms with van der Waals surface area (Å²) in [6.07, 6.45) is 9.48. The lowest BCUT2D eigenvalue weighted by atomic mass is 10.0. The van der Waals surface area contributed by atoms with Gasteiger partial charge < -0.3 is 10.1 Å². The van der Waals surface area contributed by atoms with Gasteiger partial charge >= 0.3 is 0 Å². The molecule has 2 heterocycles. The second kappa shape index (κ2) is 8.51. The van der Waals surface area contributed by atoms with Gasteiger partial charge in [0.1, 0.15) is 0 Å². The maximum atomic E-state index is 12.5. The minimum Gasteiger partial charge on any atom is -0.377 e. The number of rotatable bonds is 6. The van der Waals surface area contributed by atoms with Gasteiger partial charge in [0.05, 0.1) is 6.04 Å². The number of hydrogen-bond donors (Lipinski definition) is 2. The summed E-state index contributed by atoms with van der Waals surface area (Å²) in [6.45, 7) is 6.65. The number of carbonyl (C=O) groups is 1. The van der Waals surface area contributed by atoms with Crippen LogP contribution in [0.4, 0.5) is 0 Å². The molecule has 2 aliphatic heterocycles. The molecule has 21 heavy (non-hydrogen) atoms. The molecule has 120 valence electrons. The molecule has 1 unspecified atom stereocenters. The molecule has 2 rings (SSSR count). The maximum Gasteiger partial charge on any atom is 0.180 e. The fourth-order valence-corrected chi connectivity index (χ4v) is 3.15. The number of hydroxylamine groups is 1. The monoisotopic (exact) mass is 295 g/mol. The normalized spacial score (nSPS) is 23.1. The molecule has 5 heteroatoms. The molecule has 2 N–H and O–H groups in total. The molecule has 0 aromatic heterocycles. The van der Waals surface area contributed by atoms with E-state index in [0.717, 1.165) is 31.8 Å². The van der Waals surface area contributed by atoms with Crippen LogP contribution in [0.5, 0.6) is 0 Å². The predicted molar refractivity (Wildman–Crippen MR) is 83.2 cm³/mol. The van der Waals surface area contributed by atoms with E-state index < -0.39 is 6.04 Å². The van der Waals surface area contributed by atoms with Gasteiger partial charge in [0, 0.05) is 31.4 Å². The Hall–Kier alpha value is -0.910. The topological polar surface area (TPSA) is 55.8 Å². The van der Waals surface area contributed by atoms with Crippen LogP contribution in [-0.2, 0) is 4.79 Å². The summed E-state index contributed by atoms with van der Waals surface area (Å²) in [5.74, 6) is 0.00801. The van der Waals surface area contributed by atoms with Crippen molar-refractivity contribution in [1.29, 1.82) is 0 Å². The third-order valence-electron chi connectivity index (χ3n) is 4.48. The van der Waals surface area contributed by atoms with Crippen molar-refractivity contribution in [2.75, 3.05) is 32.7 Å². The van der Waals surface area contributed by atoms with Gasteiger partial charge in [0.2, 0.25) is 0 Å². The molecule has 0 bridgehead atoms. The Bertz CT molecular complexity index is 359. The fourth-order valence-electron chi connectivity index (χ4n) is 3.15. The van der Waals surface area contributed by atoms with E-state index in [2.05, 4.69) is 15.3 Å². The van der Waals surface area contributed by atoms with Gasteiger partial charge in [-0.25, -0.2) is 0 Å². The highest BCUT2D eigenvalue weighted by molar-refractivity contribution is 5.99. The molecular formula is C16H29N3O2. The van der Waals surface area contributed by atoms with Crippen LogP contribution in [0.1, 0.15) is 45.4 Å². The molecular weight excluding hydrogens is 266 g/mol. The number of nitrogens with one attached hydrogen (secondary N) is 1. The molecule has 1 atom stereocenters. The van der Waals surface area contributed by atoms with Gasteiger partial charge in [0.25, 0.3) is 0 Å². The Labute approximate surface area is 127 Å². The first-order chi connectivity index (χ1) is 10.2. The zero-order valence-electron chi connectivity index (χ0n) is 13.2. The summed E-state index contributed by atoms with van der Waals surface area (Å²) in [4.78, 5) is 17.1. The minimum atomic E-state index is -0.536. The maximum absolute atomic E-state index is 12.5. The van der Waals surface area contributed by atoms with Gasteiger partial charge in [-0.05, 0) is 52.1 Å². The van der Waals surface area contributed by atoms with Crippen molar-refractivity contribution >= 4 is 5.78 Å². The number of piperidine rings is 2. The summed E-state index contributed by atoms with van der Waals surface area (Å²) >= 11 is 0. The zero-order chi connectivity index (χ0) is 15.1. The van der Waals surface area contributed by atoms with Gasteiger partial charge in [-0.2, -0.15) is 5.48 Å². The Morgan fingerprint density at radius 2 is 1.67 bits per heavy atom. The third kappa shape index (κ3) is 5.09. The third-order valence-corrected chi connectivity index (χ3v) is 4.48. The first-order valence-corrected chi connectivity index (χ1v) is 8.31. The zero-order valence-corrected chi connectivity index (χ0v) is 13.2. The van der Waals surface area contributed by atoms with Crippen molar-refractivity contribution in [3.05, 3.63) is 11.8 Å². The number of carbonyl (C=O) groups excluding carboxylic acids is 1. The quantitative estimate of drug-likeness (QED) is 0.578. The lowest BCUT2D eigenvalue weighted by Crippen LogP contribution is -2.39. The van der Waals surface area contributed by atoms with Crippen LogP contribution in [0, 0.1) is 0 Å². The molecule has 0 aromatic carbocycles. The molecule has 0 spiro atoms. The Balaban J connectivity index is 2.04. The summed E-state index contributed by atoms with van der Waals surface area (Å²) < 4.78 is 0. The van der Waals surface area contributed by atoms with E-state index in [4.69, 9.17) is 5.21 Å². The van der Waals surface area contributed by atoms with E-state index in [1.807, 2.05) is 6.20 Å². The van der Waals surface area contributed by atoms with Crippen LogP contribution in [0.15, 0.2) is 11.8 Å². The Morgan fingerprint density at radius 1 is 1.10 bits per heavy atom. The van der Waals surface area contributed by atoms with Gasteiger partial charge in [-0.1, -0.05) is 6.42 Å². The van der Waals surface area contributed by atoms with Crippen molar-refractivity contribution in [3.63, 3.8) is 0 Å². The van der Waals surface area contributed by atoms with Gasteiger partial charge in [-0.15, -0.1) is 0 Å². The highest BCUT2D eigenvalue weighted by atomic mass is 16.5. The standard InChI is InChI=1S/C16H29N3O2/c1-14(17-21)16(20)15(12-18-8-4-2-5-9-18)13-19-10-6-3-7-11-19/h12,14,17,21H,2-11,13H2,1H3/b15-12+. The molecule has 0 amide bonds. The number of nitrogens with zero attached hydrogens (tertiary/aromatic N) is 2. The van der Waals surface area contributed by atoms with Crippen molar-refractivity contribution < 1.29 is 10.0 Å². The number of likely N-dealkylation sites (tertiary alicyclic amines) is 2. The summed E-state index contributed by atoms with van der Waals surface area (Å²) in [5.41, 5.74) is 2.92. The van der Waals surface area contributed by atoms with Crippen molar-refractivity contribution in [2.45, 2.75) is 51.5 Å². The number of Topliss-reactive ketones (excluding diaryl/α,β-unsaturated/α-hetero) is 1. The first-order valence-electron chi connectivity index (χ1n) is 8.31. The lowest BCUT2D eigenvalue weighted by molar-refractivity contribution is -0.119. The van der Waals surface area contributed by atoms with Crippen molar-refractivity contribution in [3.8, 4) is 0 Å². The lowest BCUT2D eigenvalue weighted by Gasteiger charge is -2.30. The van der Waals surface area contributed by atoms with Gasteiger partial charge in [-0.3, -0.25) is 9.69 Å². The second-order valence-corrected chi connectivity index (χ2v) is 6.30. The Morgan fingerprint density at radius 3 is 2.24 bits per heavy atom. The number of ketones is 1. The van der Waals surface area contributed by atoms with Crippen LogP contribution in [0.3, 0.4) is 0 Å². The summed E-state index contributed by atoms with van der Waals surface area (Å²) in [6, 6.07) is -0.536.